The molecule has 0 aliphatic heterocycles. The Balaban J connectivity index is 1.87. The maximum atomic E-state index is 12.2. The number of carbonyl (C=O) groups excluding carboxylic acids is 1. The molecule has 0 atom stereocenters. The molecule has 0 spiro atoms. The molecule has 1 aliphatic carbocycles. The molecule has 0 amide bonds. The molecule has 2 rings (SSSR count). The average Bonchev–Trinajstić information content (AvgIpc) is 2.52. The molecular formula is C18H21NOS. The fourth-order valence-corrected chi connectivity index (χ4v) is 2.57. The molecule has 1 aromatic carbocycles. The van der Waals surface area contributed by atoms with Gasteiger partial charge in [-0.3, -0.25) is 9.69 Å². The molecule has 0 unspecified atom stereocenters. The Morgan fingerprint density at radius 3 is 2.71 bits per heavy atom. The Labute approximate surface area is 132 Å². The highest BCUT2D eigenvalue weighted by molar-refractivity contribution is 7.80. The van der Waals surface area contributed by atoms with Crippen molar-refractivity contribution in [1.82, 2.24) is 4.90 Å². The molecule has 0 fully saturated rings. The molecule has 3 heteroatoms. The van der Waals surface area contributed by atoms with E-state index in [1.807, 2.05) is 36.4 Å². The monoisotopic (exact) mass is 299 g/mol. The molecule has 0 radical (unpaired) electrons. The molecule has 21 heavy (non-hydrogen) atoms. The summed E-state index contributed by atoms with van der Waals surface area (Å²) in [5.74, 6) is 0.180. The Hall–Kier alpha value is -1.58. The number of hydrogen-bond acceptors (Lipinski definition) is 3. The van der Waals surface area contributed by atoms with Crippen molar-refractivity contribution >= 4 is 22.9 Å². The lowest BCUT2D eigenvalue weighted by Crippen LogP contribution is -2.26. The van der Waals surface area contributed by atoms with Crippen LogP contribution in [-0.2, 0) is 11.3 Å². The Morgan fingerprint density at radius 1 is 1.29 bits per heavy atom. The zero-order valence-corrected chi connectivity index (χ0v) is 13.2. The summed E-state index contributed by atoms with van der Waals surface area (Å²) in [6.07, 6.45) is 7.02. The molecule has 0 aromatic heterocycles. The van der Waals surface area contributed by atoms with Crippen molar-refractivity contribution in [2.75, 3.05) is 13.1 Å². The summed E-state index contributed by atoms with van der Waals surface area (Å²) in [6.45, 7) is 4.73. The van der Waals surface area contributed by atoms with Gasteiger partial charge in [-0.15, -0.1) is 0 Å². The third-order valence-electron chi connectivity index (χ3n) is 3.61. The van der Waals surface area contributed by atoms with Crippen LogP contribution in [0.5, 0.6) is 0 Å². The van der Waals surface area contributed by atoms with Crippen LogP contribution in [0.2, 0.25) is 0 Å². The number of hydrogen-bond donors (Lipinski definition) is 0. The first-order chi connectivity index (χ1) is 10.2. The first-order valence-corrected chi connectivity index (χ1v) is 7.80. The Morgan fingerprint density at radius 2 is 2.05 bits per heavy atom. The van der Waals surface area contributed by atoms with Gasteiger partial charge in [0.15, 0.2) is 5.78 Å². The van der Waals surface area contributed by atoms with E-state index in [4.69, 9.17) is 12.2 Å². The van der Waals surface area contributed by atoms with Crippen LogP contribution in [0.3, 0.4) is 0 Å². The summed E-state index contributed by atoms with van der Waals surface area (Å²) in [5, 5.41) is 0. The predicted molar refractivity (Wildman–Crippen MR) is 91.5 cm³/mol. The number of benzene rings is 1. The van der Waals surface area contributed by atoms with E-state index in [-0.39, 0.29) is 5.78 Å². The second-order valence-corrected chi connectivity index (χ2v) is 5.72. The third-order valence-corrected chi connectivity index (χ3v) is 3.89. The van der Waals surface area contributed by atoms with Gasteiger partial charge in [-0.25, -0.2) is 0 Å². The number of thiocarbonyl (C=S) groups is 1. The zero-order chi connectivity index (χ0) is 15.1. The van der Waals surface area contributed by atoms with Crippen molar-refractivity contribution in [2.45, 2.75) is 26.3 Å². The molecule has 0 saturated heterocycles. The molecule has 0 bridgehead atoms. The Kier molecular flexibility index (Phi) is 6.03. The second-order valence-electron chi connectivity index (χ2n) is 5.20. The summed E-state index contributed by atoms with van der Waals surface area (Å²) in [6, 6.07) is 10.4. The van der Waals surface area contributed by atoms with E-state index in [9.17, 15) is 4.79 Å². The van der Waals surface area contributed by atoms with E-state index in [1.54, 1.807) is 0 Å². The van der Waals surface area contributed by atoms with E-state index in [1.165, 1.54) is 5.56 Å². The minimum atomic E-state index is 0.180. The number of ketones is 1. The highest BCUT2D eigenvalue weighted by Gasteiger charge is 2.12. The first-order valence-electron chi connectivity index (χ1n) is 7.39. The van der Waals surface area contributed by atoms with E-state index >= 15 is 0 Å². The number of nitrogens with zero attached hydrogens (tertiary/aromatic N) is 1. The normalized spacial score (nSPS) is 14.4. The summed E-state index contributed by atoms with van der Waals surface area (Å²) in [7, 11) is 0. The lowest BCUT2D eigenvalue weighted by atomic mass is 10.0. The van der Waals surface area contributed by atoms with Gasteiger partial charge in [0.05, 0.1) is 0 Å². The number of carbonyl (C=O) groups is 1. The lowest BCUT2D eigenvalue weighted by Gasteiger charge is -2.20. The van der Waals surface area contributed by atoms with Gasteiger partial charge in [0.2, 0.25) is 0 Å². The van der Waals surface area contributed by atoms with Gasteiger partial charge in [-0.05, 0) is 18.2 Å². The van der Waals surface area contributed by atoms with Gasteiger partial charge in [-0.1, -0.05) is 61.6 Å². The van der Waals surface area contributed by atoms with Crippen molar-refractivity contribution in [3.8, 4) is 0 Å². The maximum absolute atomic E-state index is 12.2. The third kappa shape index (κ3) is 5.03. The van der Waals surface area contributed by atoms with Crippen molar-refractivity contribution in [3.63, 3.8) is 0 Å². The van der Waals surface area contributed by atoms with Crippen LogP contribution >= 0.6 is 12.2 Å². The van der Waals surface area contributed by atoms with Gasteiger partial charge in [0, 0.05) is 36.4 Å². The molecular weight excluding hydrogens is 278 g/mol. The fourth-order valence-electron chi connectivity index (χ4n) is 2.35. The van der Waals surface area contributed by atoms with Gasteiger partial charge < -0.3 is 0 Å². The highest BCUT2D eigenvalue weighted by Crippen LogP contribution is 2.12. The van der Waals surface area contributed by atoms with Gasteiger partial charge >= 0.3 is 0 Å². The quantitative estimate of drug-likeness (QED) is 0.716. The standard InChI is InChI=1S/C18H21NOS/c1-2-19(14-15-7-4-3-5-8-15)12-11-18(20)16-9-6-10-17(21)13-16/h3-9,13H,2,10-12,14H2,1H3. The zero-order valence-electron chi connectivity index (χ0n) is 12.4. The van der Waals surface area contributed by atoms with Crippen LogP contribution in [0.25, 0.3) is 0 Å². The van der Waals surface area contributed by atoms with E-state index < -0.39 is 0 Å². The van der Waals surface area contributed by atoms with Crippen molar-refractivity contribution in [3.05, 3.63) is 59.7 Å². The highest BCUT2D eigenvalue weighted by atomic mass is 32.1. The lowest BCUT2D eigenvalue weighted by molar-refractivity contribution is -0.115. The molecule has 0 heterocycles. The van der Waals surface area contributed by atoms with E-state index in [2.05, 4.69) is 24.0 Å². The minimum Gasteiger partial charge on any atom is -0.299 e. The summed E-state index contributed by atoms with van der Waals surface area (Å²) < 4.78 is 0. The van der Waals surface area contributed by atoms with E-state index in [0.29, 0.717) is 6.42 Å². The SMILES string of the molecule is CCN(CCC(=O)C1=CC(=S)CC=C1)Cc1ccccc1. The predicted octanol–water partition coefficient (Wildman–Crippen LogP) is 3.72. The molecule has 1 aliphatic rings. The van der Waals surface area contributed by atoms with Crippen LogP contribution in [-0.4, -0.2) is 28.6 Å². The fraction of sp³-hybridized carbons (Fsp3) is 0.333. The van der Waals surface area contributed by atoms with Gasteiger partial charge in [0.25, 0.3) is 0 Å². The maximum Gasteiger partial charge on any atom is 0.164 e. The molecule has 0 saturated carbocycles. The average molecular weight is 299 g/mol. The molecule has 1 aromatic rings. The number of allylic oxidation sites excluding steroid dienone is 4. The van der Waals surface area contributed by atoms with Gasteiger partial charge in [-0.2, -0.15) is 0 Å². The van der Waals surface area contributed by atoms with Crippen molar-refractivity contribution in [1.29, 1.82) is 0 Å². The molecule has 110 valence electrons. The summed E-state index contributed by atoms with van der Waals surface area (Å²) in [4.78, 5) is 15.3. The van der Waals surface area contributed by atoms with Crippen LogP contribution in [0.15, 0.2) is 54.1 Å². The van der Waals surface area contributed by atoms with Crippen molar-refractivity contribution in [2.24, 2.45) is 0 Å². The van der Waals surface area contributed by atoms with Crippen molar-refractivity contribution < 1.29 is 4.79 Å². The first kappa shape index (κ1) is 15.8. The Bertz CT molecular complexity index is 560. The van der Waals surface area contributed by atoms with E-state index in [0.717, 1.165) is 36.5 Å². The van der Waals surface area contributed by atoms with Crippen LogP contribution < -0.4 is 0 Å². The van der Waals surface area contributed by atoms with Gasteiger partial charge in [0.1, 0.15) is 0 Å². The van der Waals surface area contributed by atoms with Crippen LogP contribution in [0.4, 0.5) is 0 Å². The second kappa shape index (κ2) is 8.01. The summed E-state index contributed by atoms with van der Waals surface area (Å²) in [5.41, 5.74) is 2.03. The summed E-state index contributed by atoms with van der Waals surface area (Å²) >= 11 is 5.16. The smallest absolute Gasteiger partial charge is 0.164 e. The number of rotatable bonds is 7. The molecule has 0 N–H and O–H groups in total. The largest absolute Gasteiger partial charge is 0.299 e. The van der Waals surface area contributed by atoms with Crippen LogP contribution in [0, 0.1) is 0 Å². The van der Waals surface area contributed by atoms with Crippen LogP contribution in [0.1, 0.15) is 25.3 Å². The number of Topliss-reactive ketones (excluding diaryl/α,β-unsaturated/α-hetero) is 1. The minimum absolute atomic E-state index is 0.180. The molecule has 2 nitrogen and oxygen atoms in total. The topological polar surface area (TPSA) is 20.3 Å².